The predicted octanol–water partition coefficient (Wildman–Crippen LogP) is 7.14. The van der Waals surface area contributed by atoms with Gasteiger partial charge in [0.05, 0.1) is 27.7 Å². The summed E-state index contributed by atoms with van der Waals surface area (Å²) in [7, 11) is -4.26. The van der Waals surface area contributed by atoms with E-state index in [1.807, 2.05) is 42.5 Å². The van der Waals surface area contributed by atoms with Gasteiger partial charge < -0.3 is 14.9 Å². The minimum Gasteiger partial charge on any atom is -0.394 e. The standard InChI is InChI=1S/C40H42BrN5O5S/c1-3-5-19-45(20-6-4-2)40-42-24-36(41)37(43-40)34-18-16-30(38(48)44-52(50,51)33-17-15-27-11-7-8-13-29(27)22-33)23-35(34)39(49)46-25-31-14-10-9-12-28(31)21-32(46)26-47/h7-18,22-24,32,47H,3-6,19-21,25-26H2,1-2H3,(H,44,48). The Balaban J connectivity index is 1.41. The second-order valence-electron chi connectivity index (χ2n) is 13.0. The zero-order valence-corrected chi connectivity index (χ0v) is 31.7. The van der Waals surface area contributed by atoms with Crippen LogP contribution in [0.2, 0.25) is 0 Å². The van der Waals surface area contributed by atoms with E-state index < -0.39 is 27.9 Å². The van der Waals surface area contributed by atoms with E-state index in [1.165, 1.54) is 24.3 Å². The molecule has 0 saturated heterocycles. The smallest absolute Gasteiger partial charge is 0.265 e. The lowest BCUT2D eigenvalue weighted by molar-refractivity contribution is 0.0545. The first kappa shape index (κ1) is 37.1. The number of nitrogens with zero attached hydrogens (tertiary/aromatic N) is 4. The van der Waals surface area contributed by atoms with Gasteiger partial charge in [-0.3, -0.25) is 9.59 Å². The first-order chi connectivity index (χ1) is 25.1. The molecule has 0 aliphatic carbocycles. The molecule has 1 atom stereocenters. The molecule has 10 nitrogen and oxygen atoms in total. The Morgan fingerprint density at radius 3 is 2.33 bits per heavy atom. The van der Waals surface area contributed by atoms with Crippen LogP contribution in [0, 0.1) is 0 Å². The maximum Gasteiger partial charge on any atom is 0.265 e. The van der Waals surface area contributed by atoms with Gasteiger partial charge in [0.15, 0.2) is 0 Å². The third-order valence-electron chi connectivity index (χ3n) is 9.43. The number of rotatable bonds is 13. The quantitative estimate of drug-likeness (QED) is 0.129. The average molecular weight is 785 g/mol. The number of nitrogens with one attached hydrogen (secondary N) is 1. The second-order valence-corrected chi connectivity index (χ2v) is 15.5. The third kappa shape index (κ3) is 8.04. The summed E-state index contributed by atoms with van der Waals surface area (Å²) in [6.45, 7) is 5.81. The SMILES string of the molecule is CCCCN(CCCC)c1ncc(Br)c(-c2ccc(C(=O)NS(=O)(=O)c3ccc4ccccc4c3)cc2C(=O)N2Cc3ccccc3CC2CO)n1. The molecule has 0 radical (unpaired) electrons. The van der Waals surface area contributed by atoms with E-state index in [0.29, 0.717) is 33.5 Å². The van der Waals surface area contributed by atoms with Crippen LogP contribution in [0.25, 0.3) is 22.0 Å². The lowest BCUT2D eigenvalue weighted by atomic mass is 9.92. The molecule has 52 heavy (non-hydrogen) atoms. The lowest BCUT2D eigenvalue weighted by Gasteiger charge is -2.36. The van der Waals surface area contributed by atoms with E-state index >= 15 is 0 Å². The number of aromatic nitrogens is 2. The molecule has 6 rings (SSSR count). The van der Waals surface area contributed by atoms with E-state index in [9.17, 15) is 23.1 Å². The zero-order chi connectivity index (χ0) is 36.8. The molecule has 2 heterocycles. The van der Waals surface area contributed by atoms with Gasteiger partial charge in [-0.15, -0.1) is 0 Å². The number of benzene rings is 4. The number of hydrogen-bond donors (Lipinski definition) is 2. The zero-order valence-electron chi connectivity index (χ0n) is 29.3. The number of amides is 2. The molecule has 5 aromatic rings. The molecule has 12 heteroatoms. The number of aliphatic hydroxyl groups excluding tert-OH is 1. The van der Waals surface area contributed by atoms with Crippen molar-refractivity contribution < 1.29 is 23.1 Å². The van der Waals surface area contributed by atoms with Crippen molar-refractivity contribution in [3.05, 3.63) is 118 Å². The topological polar surface area (TPSA) is 133 Å². The fourth-order valence-electron chi connectivity index (χ4n) is 6.50. The minimum atomic E-state index is -4.26. The van der Waals surface area contributed by atoms with Gasteiger partial charge in [0.2, 0.25) is 5.95 Å². The Kier molecular flexibility index (Phi) is 11.7. The number of carbonyl (C=O) groups is 2. The van der Waals surface area contributed by atoms with Gasteiger partial charge in [-0.1, -0.05) is 87.4 Å². The van der Waals surface area contributed by atoms with Crippen LogP contribution in [0.3, 0.4) is 0 Å². The second kappa shape index (κ2) is 16.4. The molecule has 270 valence electrons. The summed E-state index contributed by atoms with van der Waals surface area (Å²) in [5.74, 6) is -0.775. The molecule has 1 aromatic heterocycles. The number of anilines is 1. The van der Waals surface area contributed by atoms with Crippen molar-refractivity contribution in [2.45, 2.75) is 63.4 Å². The highest BCUT2D eigenvalue weighted by atomic mass is 79.9. The Hall–Kier alpha value is -4.65. The van der Waals surface area contributed by atoms with Crippen molar-refractivity contribution in [1.82, 2.24) is 19.6 Å². The van der Waals surface area contributed by atoms with Gasteiger partial charge in [0.25, 0.3) is 21.8 Å². The average Bonchev–Trinajstić information content (AvgIpc) is 3.16. The molecule has 0 saturated carbocycles. The molecule has 1 aliphatic rings. The summed E-state index contributed by atoms with van der Waals surface area (Å²) in [6, 6.07) is 23.8. The fraction of sp³-hybridized carbons (Fsp3) is 0.300. The van der Waals surface area contributed by atoms with E-state index in [2.05, 4.69) is 44.4 Å². The van der Waals surface area contributed by atoms with Crippen LogP contribution in [-0.2, 0) is 23.0 Å². The summed E-state index contributed by atoms with van der Waals surface area (Å²) in [5, 5.41) is 12.0. The molecule has 2 amide bonds. The van der Waals surface area contributed by atoms with Crippen LogP contribution >= 0.6 is 15.9 Å². The van der Waals surface area contributed by atoms with Crippen molar-refractivity contribution in [3.8, 4) is 11.3 Å². The summed E-state index contributed by atoms with van der Waals surface area (Å²) in [5.41, 5.74) is 3.04. The maximum absolute atomic E-state index is 14.7. The Labute approximate surface area is 313 Å². The summed E-state index contributed by atoms with van der Waals surface area (Å²) in [4.78, 5) is 41.7. The summed E-state index contributed by atoms with van der Waals surface area (Å²) in [6.07, 6.45) is 6.08. The van der Waals surface area contributed by atoms with Crippen molar-refractivity contribution in [1.29, 1.82) is 0 Å². The van der Waals surface area contributed by atoms with Crippen LogP contribution in [-0.4, -0.2) is 65.9 Å². The molecule has 1 aliphatic heterocycles. The van der Waals surface area contributed by atoms with Crippen LogP contribution in [0.5, 0.6) is 0 Å². The van der Waals surface area contributed by atoms with Gasteiger partial charge in [-0.05, 0) is 81.4 Å². The highest BCUT2D eigenvalue weighted by Crippen LogP contribution is 2.34. The predicted molar refractivity (Wildman–Crippen MR) is 207 cm³/mol. The van der Waals surface area contributed by atoms with Gasteiger partial charge in [0.1, 0.15) is 0 Å². The van der Waals surface area contributed by atoms with Gasteiger partial charge in [0, 0.05) is 42.5 Å². The van der Waals surface area contributed by atoms with Crippen LogP contribution in [0.4, 0.5) is 5.95 Å². The third-order valence-corrected chi connectivity index (χ3v) is 11.3. The van der Waals surface area contributed by atoms with Crippen molar-refractivity contribution >= 4 is 54.5 Å². The number of fused-ring (bicyclic) bond motifs is 2. The Bertz CT molecular complexity index is 2200. The number of hydrogen-bond acceptors (Lipinski definition) is 8. The van der Waals surface area contributed by atoms with Gasteiger partial charge >= 0.3 is 0 Å². The molecule has 4 aromatic carbocycles. The molecule has 0 spiro atoms. The molecule has 0 fully saturated rings. The van der Waals surface area contributed by atoms with Crippen molar-refractivity contribution in [3.63, 3.8) is 0 Å². The summed E-state index contributed by atoms with van der Waals surface area (Å²) < 4.78 is 29.6. The number of aliphatic hydroxyl groups is 1. The highest BCUT2D eigenvalue weighted by Gasteiger charge is 2.32. The summed E-state index contributed by atoms with van der Waals surface area (Å²) >= 11 is 3.61. The number of carbonyl (C=O) groups excluding carboxylic acids is 2. The highest BCUT2D eigenvalue weighted by molar-refractivity contribution is 9.10. The van der Waals surface area contributed by atoms with Crippen LogP contribution in [0.15, 0.2) is 100 Å². The number of unbranched alkanes of at least 4 members (excludes halogenated alkanes) is 2. The largest absolute Gasteiger partial charge is 0.394 e. The molecular weight excluding hydrogens is 742 g/mol. The molecule has 0 bridgehead atoms. The van der Waals surface area contributed by atoms with Crippen LogP contribution in [0.1, 0.15) is 71.4 Å². The fourth-order valence-corrected chi connectivity index (χ4v) is 7.91. The lowest BCUT2D eigenvalue weighted by Crippen LogP contribution is -2.46. The van der Waals surface area contributed by atoms with E-state index in [1.54, 1.807) is 29.3 Å². The van der Waals surface area contributed by atoms with E-state index in [0.717, 1.165) is 55.3 Å². The van der Waals surface area contributed by atoms with Gasteiger partial charge in [-0.25, -0.2) is 23.1 Å². The maximum atomic E-state index is 14.7. The minimum absolute atomic E-state index is 0.0210. The number of sulfonamides is 1. The molecule has 1 unspecified atom stereocenters. The first-order valence-corrected chi connectivity index (χ1v) is 19.9. The first-order valence-electron chi connectivity index (χ1n) is 17.6. The Morgan fingerprint density at radius 1 is 0.923 bits per heavy atom. The number of halogens is 1. The monoisotopic (exact) mass is 783 g/mol. The van der Waals surface area contributed by atoms with Crippen LogP contribution < -0.4 is 9.62 Å². The van der Waals surface area contributed by atoms with E-state index in [4.69, 9.17) is 4.98 Å². The van der Waals surface area contributed by atoms with Crippen molar-refractivity contribution in [2.24, 2.45) is 0 Å². The molecule has 2 N–H and O–H groups in total. The van der Waals surface area contributed by atoms with Gasteiger partial charge in [-0.2, -0.15) is 0 Å². The normalized spacial score (nSPS) is 14.2. The molecular formula is C40H42BrN5O5S. The Morgan fingerprint density at radius 2 is 1.62 bits per heavy atom. The van der Waals surface area contributed by atoms with Crippen molar-refractivity contribution in [2.75, 3.05) is 24.6 Å². The van der Waals surface area contributed by atoms with E-state index in [-0.39, 0.29) is 29.2 Å².